The number of anilines is 2. The summed E-state index contributed by atoms with van der Waals surface area (Å²) >= 11 is 4.19. The molecule has 0 fully saturated rings. The number of aliphatic carboxylic acids is 5. The molecule has 0 bridgehead atoms. The molecule has 0 spiro atoms. The van der Waals surface area contributed by atoms with E-state index in [0.29, 0.717) is 11.4 Å². The van der Waals surface area contributed by atoms with Crippen LogP contribution in [0, 0.1) is 17.8 Å². The zero-order valence-electron chi connectivity index (χ0n) is 40.4. The third-order valence-electron chi connectivity index (χ3n) is 11.2. The van der Waals surface area contributed by atoms with Crippen molar-refractivity contribution in [3.05, 3.63) is 52.1 Å². The minimum Gasteiger partial charge on any atom is -0.481 e. The number of carboxylic acids is 5. The molecule has 0 saturated heterocycles. The van der Waals surface area contributed by atoms with Gasteiger partial charge in [-0.15, -0.1) is 0 Å². The fourth-order valence-corrected chi connectivity index (χ4v) is 7.49. The lowest BCUT2D eigenvalue weighted by atomic mass is 9.87. The highest BCUT2D eigenvalue weighted by Crippen LogP contribution is 2.28. The molecule has 406 valence electrons. The van der Waals surface area contributed by atoms with E-state index in [9.17, 15) is 83.1 Å². The normalized spacial score (nSPS) is 13.6. The summed E-state index contributed by atoms with van der Waals surface area (Å²) in [7, 11) is 0. The molecular weight excluding hydrogens is 1010 g/mol. The average molecular weight is 1070 g/mol. The van der Waals surface area contributed by atoms with Crippen LogP contribution in [0.4, 0.5) is 11.6 Å². The Morgan fingerprint density at radius 3 is 1.84 bits per heavy atom. The van der Waals surface area contributed by atoms with Crippen molar-refractivity contribution >= 4 is 106 Å². The van der Waals surface area contributed by atoms with Gasteiger partial charge in [0.2, 0.25) is 17.8 Å². The third kappa shape index (κ3) is 20.5. The van der Waals surface area contributed by atoms with Gasteiger partial charge in [0.1, 0.15) is 11.8 Å². The van der Waals surface area contributed by atoms with Crippen LogP contribution in [0.15, 0.2) is 40.2 Å². The summed E-state index contributed by atoms with van der Waals surface area (Å²) in [6.45, 7) is 2.74. The highest BCUT2D eigenvalue weighted by Gasteiger charge is 2.38. The minimum absolute atomic E-state index is 0.0200. The number of thiol groups is 1. The quantitative estimate of drug-likeness (QED) is 0.0148. The number of hydrogen-bond acceptors (Lipinski definition) is 19. The van der Waals surface area contributed by atoms with Crippen LogP contribution in [0.2, 0.25) is 0 Å². The number of ketones is 3. The number of fused-ring (bicyclic) bond motifs is 1. The highest BCUT2D eigenvalue weighted by molar-refractivity contribution is 7.81. The number of nitrogens with one attached hydrogen (secondary N) is 5. The van der Waals surface area contributed by atoms with Crippen LogP contribution in [0.3, 0.4) is 0 Å². The molecule has 0 aliphatic heterocycles. The monoisotopic (exact) mass is 1070 g/mol. The topological polar surface area (TPSA) is 499 Å². The first-order valence-electron chi connectivity index (χ1n) is 22.8. The number of Topliss-reactive ketones (excluding diaryl/α,β-unsaturated/α-hetero) is 3. The molecule has 16 N–H and O–H groups in total. The van der Waals surface area contributed by atoms with Crippen molar-refractivity contribution in [3.63, 3.8) is 0 Å². The first-order chi connectivity index (χ1) is 35.0. The van der Waals surface area contributed by atoms with Gasteiger partial charge in [-0.2, -0.15) is 17.6 Å². The Balaban J connectivity index is 1.72. The van der Waals surface area contributed by atoms with Gasteiger partial charge >= 0.3 is 29.8 Å². The fourth-order valence-electron chi connectivity index (χ4n) is 7.29. The first kappa shape index (κ1) is 60.7. The van der Waals surface area contributed by atoms with Gasteiger partial charge in [-0.25, -0.2) is 14.8 Å². The lowest BCUT2D eigenvalue weighted by Gasteiger charge is -2.27. The molecule has 3 aromatic rings. The largest absolute Gasteiger partial charge is 0.481 e. The third-order valence-corrected chi connectivity index (χ3v) is 11.5. The van der Waals surface area contributed by atoms with Crippen molar-refractivity contribution in [2.75, 3.05) is 17.6 Å². The van der Waals surface area contributed by atoms with Crippen LogP contribution in [0.5, 0.6) is 0 Å². The molecule has 3 amide bonds. The second kappa shape index (κ2) is 28.0. The number of nitrogens with two attached hydrogens (primary N) is 3. The SMILES string of the molecule is CC(C)(S)[C@@H](CC(=O)[C@@H](CC(=O)O)NC(=O)[C@@H](CC(=O)O)CC(=O)[C@@H](CCCN=C(N)N)NC(=O)[C@@H](CC(=O)O)CC(=O)CC[C@@H](NC(=O)c1ccc(NCc2cnc3nc(N)[nH]c(=O)c3n2)cc1)C(=O)O)C(=O)O. The van der Waals surface area contributed by atoms with E-state index in [1.807, 2.05) is 0 Å². The van der Waals surface area contributed by atoms with E-state index in [1.54, 1.807) is 0 Å². The van der Waals surface area contributed by atoms with Crippen molar-refractivity contribution in [1.29, 1.82) is 0 Å². The molecule has 29 nitrogen and oxygen atoms in total. The van der Waals surface area contributed by atoms with Crippen LogP contribution < -0.4 is 44.0 Å². The van der Waals surface area contributed by atoms with E-state index in [4.69, 9.17) is 17.2 Å². The Hall–Kier alpha value is -8.57. The van der Waals surface area contributed by atoms with Gasteiger partial charge in [0.25, 0.3) is 11.5 Å². The van der Waals surface area contributed by atoms with Gasteiger partial charge < -0.3 is 64.0 Å². The summed E-state index contributed by atoms with van der Waals surface area (Å²) in [4.78, 5) is 171. The van der Waals surface area contributed by atoms with E-state index in [2.05, 4.69) is 58.8 Å². The van der Waals surface area contributed by atoms with E-state index in [-0.39, 0.29) is 54.6 Å². The van der Waals surface area contributed by atoms with Crippen molar-refractivity contribution in [3.8, 4) is 0 Å². The van der Waals surface area contributed by atoms with Crippen LogP contribution in [0.1, 0.15) is 94.1 Å². The fraction of sp³-hybridized carbons (Fsp3) is 0.467. The second-order valence-corrected chi connectivity index (χ2v) is 18.9. The first-order valence-corrected chi connectivity index (χ1v) is 23.2. The van der Waals surface area contributed by atoms with Crippen molar-refractivity contribution < 1.29 is 78.3 Å². The van der Waals surface area contributed by atoms with Gasteiger partial charge in [-0.3, -0.25) is 62.7 Å². The van der Waals surface area contributed by atoms with E-state index >= 15 is 0 Å². The summed E-state index contributed by atoms with van der Waals surface area (Å²) in [5, 5.41) is 58.1. The molecule has 1 aromatic carbocycles. The maximum Gasteiger partial charge on any atom is 0.326 e. The molecule has 0 aliphatic carbocycles. The number of amides is 3. The summed E-state index contributed by atoms with van der Waals surface area (Å²) in [6, 6.07) is 0.585. The molecule has 0 unspecified atom stereocenters. The predicted octanol–water partition coefficient (Wildman–Crippen LogP) is -1.16. The molecule has 6 atom stereocenters. The van der Waals surface area contributed by atoms with E-state index in [1.165, 1.54) is 44.3 Å². The lowest BCUT2D eigenvalue weighted by Crippen LogP contribution is -2.49. The number of guanidine groups is 1. The van der Waals surface area contributed by atoms with Gasteiger partial charge in [-0.05, 0) is 43.5 Å². The zero-order chi connectivity index (χ0) is 56.3. The van der Waals surface area contributed by atoms with Crippen LogP contribution >= 0.6 is 12.6 Å². The van der Waals surface area contributed by atoms with E-state index < -0.39 is 162 Å². The molecule has 0 saturated carbocycles. The maximum atomic E-state index is 13.9. The van der Waals surface area contributed by atoms with Crippen molar-refractivity contribution in [1.82, 2.24) is 35.9 Å². The number of carbonyl (C=O) groups is 11. The smallest absolute Gasteiger partial charge is 0.326 e. The molecule has 0 radical (unpaired) electrons. The standard InChI is InChI=1S/C45H58N12O17S/c1-45(2,75)26(41(71)72)16-31(60)29(17-34(65)66)55-39(69)22(15-33(63)64)13-30(59)27(4-3-11-49-43(46)47)53-38(68)21(14-32(61)62)12-25(58)9-10-28(42(73)74)54-37(67)20-5-7-23(8-6-20)50-18-24-19-51-36-35(52-24)40(70)57-44(48)56-36/h5-8,19,21-22,26-29,50,75H,3-4,9-18H2,1-2H3,(H,53,68)(H,54,67)(H,55,69)(H,61,62)(H,63,64)(H,65,66)(H,71,72)(H,73,74)(H4,46,47,49)(H3,48,51,56,57,70)/t21-,22-,26+,27-,28-,29-/m1/s1. The van der Waals surface area contributed by atoms with Crippen LogP contribution in [-0.2, 0) is 54.5 Å². The minimum atomic E-state index is -1.88. The molecule has 75 heavy (non-hydrogen) atoms. The van der Waals surface area contributed by atoms with Gasteiger partial charge in [0.05, 0.1) is 67.5 Å². The Morgan fingerprint density at radius 2 is 1.29 bits per heavy atom. The number of nitrogen functional groups attached to an aromatic ring is 1. The predicted molar refractivity (Wildman–Crippen MR) is 265 cm³/mol. The number of carbonyl (C=O) groups excluding carboxylic acids is 6. The number of rotatable bonds is 33. The van der Waals surface area contributed by atoms with Gasteiger partial charge in [-0.1, -0.05) is 13.8 Å². The van der Waals surface area contributed by atoms with Gasteiger partial charge in [0, 0.05) is 48.2 Å². The molecule has 3 rings (SSSR count). The number of benzene rings is 1. The Kier molecular flexibility index (Phi) is 22.7. The lowest BCUT2D eigenvalue weighted by molar-refractivity contribution is -0.146. The summed E-state index contributed by atoms with van der Waals surface area (Å²) in [6.07, 6.45) is -5.72. The highest BCUT2D eigenvalue weighted by atomic mass is 32.1. The van der Waals surface area contributed by atoms with E-state index in [0.717, 1.165) is 0 Å². The van der Waals surface area contributed by atoms with Crippen LogP contribution in [-0.4, -0.2) is 146 Å². The Labute approximate surface area is 430 Å². The Bertz CT molecular complexity index is 2740. The summed E-state index contributed by atoms with van der Waals surface area (Å²) in [5.74, 6) is -19.4. The Morgan fingerprint density at radius 1 is 0.720 bits per heavy atom. The average Bonchev–Trinajstić information content (AvgIpc) is 3.30. The molecule has 2 aromatic heterocycles. The molecular formula is C45H58N12O17S. The number of aromatic nitrogens is 4. The maximum absolute atomic E-state index is 13.9. The number of aromatic amines is 1. The number of aliphatic imine (C=N–C) groups is 1. The summed E-state index contributed by atoms with van der Waals surface area (Å²) < 4.78 is -1.30. The number of H-pyrrole nitrogens is 1. The van der Waals surface area contributed by atoms with Crippen molar-refractivity contribution in [2.24, 2.45) is 34.2 Å². The molecule has 30 heteroatoms. The number of nitrogens with zero attached hydrogens (tertiary/aromatic N) is 4. The zero-order valence-corrected chi connectivity index (χ0v) is 41.3. The molecule has 2 heterocycles. The molecule has 0 aliphatic rings. The number of carboxylic acid groups (broad SMARTS) is 5. The number of hydrogen-bond donors (Lipinski definition) is 14. The summed E-state index contributed by atoms with van der Waals surface area (Å²) in [5.41, 5.74) is 16.6. The van der Waals surface area contributed by atoms with Crippen LogP contribution in [0.25, 0.3) is 11.2 Å². The van der Waals surface area contributed by atoms with Gasteiger partial charge in [0.15, 0.2) is 28.7 Å². The second-order valence-electron chi connectivity index (χ2n) is 17.7. The van der Waals surface area contributed by atoms with Crippen molar-refractivity contribution in [2.45, 2.75) is 107 Å².